The Morgan fingerprint density at radius 2 is 2.06 bits per heavy atom. The molecule has 0 bridgehead atoms. The van der Waals surface area contributed by atoms with Gasteiger partial charge in [-0.15, -0.1) is 0 Å². The maximum atomic E-state index is 10.9. The van der Waals surface area contributed by atoms with Crippen molar-refractivity contribution < 1.29 is 22.8 Å². The molecule has 0 atom stereocenters. The summed E-state index contributed by atoms with van der Waals surface area (Å²) in [7, 11) is -4.20. The summed E-state index contributed by atoms with van der Waals surface area (Å²) in [6.07, 6.45) is 0.468. The molecular formula is C10H14O5S. The molecular weight excluding hydrogens is 232 g/mol. The van der Waals surface area contributed by atoms with Crippen molar-refractivity contribution >= 4 is 10.1 Å². The lowest BCUT2D eigenvalue weighted by Gasteiger charge is -2.09. The summed E-state index contributed by atoms with van der Waals surface area (Å²) in [5.41, 5.74) is 0.769. The zero-order chi connectivity index (χ0) is 12.2. The molecule has 0 fully saturated rings. The fraction of sp³-hybridized carbons (Fsp3) is 0.400. The van der Waals surface area contributed by atoms with Crippen molar-refractivity contribution in [3.8, 4) is 5.75 Å². The second-order valence-electron chi connectivity index (χ2n) is 3.33. The second kappa shape index (κ2) is 5.29. The van der Waals surface area contributed by atoms with Crippen LogP contribution in [0.3, 0.4) is 0 Å². The van der Waals surface area contributed by atoms with Crippen molar-refractivity contribution in [3.63, 3.8) is 0 Å². The zero-order valence-electron chi connectivity index (χ0n) is 8.88. The van der Waals surface area contributed by atoms with Gasteiger partial charge in [-0.1, -0.05) is 6.07 Å². The summed E-state index contributed by atoms with van der Waals surface area (Å²) in [6, 6.07) is 4.13. The van der Waals surface area contributed by atoms with Crippen LogP contribution < -0.4 is 4.74 Å². The number of ether oxygens (including phenoxy) is 1. The Kier molecular flexibility index (Phi) is 4.28. The molecule has 0 unspecified atom stereocenters. The first-order valence-corrected chi connectivity index (χ1v) is 6.21. The van der Waals surface area contributed by atoms with Crippen molar-refractivity contribution in [2.24, 2.45) is 0 Å². The molecule has 1 rings (SSSR count). The van der Waals surface area contributed by atoms with E-state index < -0.39 is 10.1 Å². The normalized spacial score (nSPS) is 11.4. The van der Waals surface area contributed by atoms with Crippen LogP contribution in [0.25, 0.3) is 0 Å². The van der Waals surface area contributed by atoms with E-state index in [0.29, 0.717) is 18.8 Å². The highest BCUT2D eigenvalue weighted by atomic mass is 32.2. The molecule has 90 valence electrons. The summed E-state index contributed by atoms with van der Waals surface area (Å²) in [6.45, 7) is 2.07. The van der Waals surface area contributed by atoms with Crippen molar-refractivity contribution in [2.45, 2.75) is 18.2 Å². The second-order valence-corrected chi connectivity index (χ2v) is 4.75. The Bertz CT molecular complexity index is 452. The van der Waals surface area contributed by atoms with Crippen LogP contribution in [0.4, 0.5) is 0 Å². The fourth-order valence-electron chi connectivity index (χ4n) is 1.14. The number of benzene rings is 1. The van der Waals surface area contributed by atoms with Crippen molar-refractivity contribution in [1.29, 1.82) is 0 Å². The van der Waals surface area contributed by atoms with Crippen LogP contribution in [0.5, 0.6) is 5.75 Å². The summed E-state index contributed by atoms with van der Waals surface area (Å²) < 4.78 is 35.9. The van der Waals surface area contributed by atoms with E-state index in [0.717, 1.165) is 5.56 Å². The zero-order valence-corrected chi connectivity index (χ0v) is 9.70. The topological polar surface area (TPSA) is 83.8 Å². The largest absolute Gasteiger partial charge is 0.493 e. The van der Waals surface area contributed by atoms with Gasteiger partial charge < -0.3 is 9.84 Å². The van der Waals surface area contributed by atoms with Crippen molar-refractivity contribution in [1.82, 2.24) is 0 Å². The summed E-state index contributed by atoms with van der Waals surface area (Å²) in [4.78, 5) is -0.197. The van der Waals surface area contributed by atoms with E-state index in [2.05, 4.69) is 0 Å². The number of hydrogen-bond donors (Lipinski definition) is 2. The van der Waals surface area contributed by atoms with E-state index in [4.69, 9.17) is 14.4 Å². The minimum atomic E-state index is -4.20. The number of aliphatic hydroxyl groups is 1. The van der Waals surface area contributed by atoms with E-state index in [-0.39, 0.29) is 11.5 Å². The highest BCUT2D eigenvalue weighted by Crippen LogP contribution is 2.22. The maximum absolute atomic E-state index is 10.9. The van der Waals surface area contributed by atoms with Gasteiger partial charge in [-0.05, 0) is 18.6 Å². The maximum Gasteiger partial charge on any atom is 0.294 e. The highest BCUT2D eigenvalue weighted by molar-refractivity contribution is 7.85. The van der Waals surface area contributed by atoms with Crippen LogP contribution >= 0.6 is 0 Å². The van der Waals surface area contributed by atoms with Gasteiger partial charge in [0, 0.05) is 19.1 Å². The Morgan fingerprint density at radius 1 is 1.38 bits per heavy atom. The molecule has 6 heteroatoms. The van der Waals surface area contributed by atoms with Gasteiger partial charge in [-0.25, -0.2) is 0 Å². The third-order valence-corrected chi connectivity index (χ3v) is 2.87. The molecule has 0 amide bonds. The van der Waals surface area contributed by atoms with Gasteiger partial charge >= 0.3 is 0 Å². The van der Waals surface area contributed by atoms with Gasteiger partial charge in [-0.2, -0.15) is 8.42 Å². The van der Waals surface area contributed by atoms with Crippen LogP contribution in [0.1, 0.15) is 12.0 Å². The van der Waals surface area contributed by atoms with Crippen molar-refractivity contribution in [2.75, 3.05) is 13.2 Å². The van der Waals surface area contributed by atoms with E-state index in [1.165, 1.54) is 12.1 Å². The van der Waals surface area contributed by atoms with Crippen LogP contribution in [0, 0.1) is 6.92 Å². The quantitative estimate of drug-likeness (QED) is 0.598. The molecule has 5 nitrogen and oxygen atoms in total. The molecule has 0 aromatic heterocycles. The predicted octanol–water partition coefficient (Wildman–Crippen LogP) is 1.00. The first-order valence-electron chi connectivity index (χ1n) is 4.77. The van der Waals surface area contributed by atoms with Crippen LogP contribution in [-0.4, -0.2) is 31.3 Å². The summed E-state index contributed by atoms with van der Waals surface area (Å²) >= 11 is 0. The number of hydrogen-bond acceptors (Lipinski definition) is 4. The van der Waals surface area contributed by atoms with Gasteiger partial charge in [0.2, 0.25) is 0 Å². The fourth-order valence-corrected chi connectivity index (χ4v) is 1.64. The molecule has 0 aliphatic rings. The van der Waals surface area contributed by atoms with Gasteiger partial charge in [-0.3, -0.25) is 4.55 Å². The molecule has 1 aromatic rings. The third-order valence-electron chi connectivity index (χ3n) is 2.02. The predicted molar refractivity (Wildman–Crippen MR) is 58.2 cm³/mol. The van der Waals surface area contributed by atoms with E-state index in [9.17, 15) is 8.42 Å². The lowest BCUT2D eigenvalue weighted by atomic mass is 10.2. The van der Waals surface area contributed by atoms with E-state index in [1.807, 2.05) is 0 Å². The summed E-state index contributed by atoms with van der Waals surface area (Å²) in [5.74, 6) is 0.392. The number of aryl methyl sites for hydroxylation is 1. The molecule has 0 saturated heterocycles. The van der Waals surface area contributed by atoms with Crippen LogP contribution in [-0.2, 0) is 10.1 Å². The lowest BCUT2D eigenvalue weighted by Crippen LogP contribution is -2.03. The Hall–Kier alpha value is -1.11. The average Bonchev–Trinajstić information content (AvgIpc) is 2.19. The SMILES string of the molecule is Cc1ccc(S(=O)(=O)O)cc1OCCCO. The Balaban J connectivity index is 2.91. The summed E-state index contributed by atoms with van der Waals surface area (Å²) in [5, 5.41) is 8.58. The monoisotopic (exact) mass is 246 g/mol. The Morgan fingerprint density at radius 3 is 2.62 bits per heavy atom. The lowest BCUT2D eigenvalue weighted by molar-refractivity contribution is 0.232. The standard InChI is InChI=1S/C10H14O5S/c1-8-3-4-9(16(12,13)14)7-10(8)15-6-2-5-11/h3-4,7,11H,2,5-6H2,1H3,(H,12,13,14). The minimum Gasteiger partial charge on any atom is -0.493 e. The highest BCUT2D eigenvalue weighted by Gasteiger charge is 2.11. The van der Waals surface area contributed by atoms with Gasteiger partial charge in [0.05, 0.1) is 11.5 Å². The Labute approximate surface area is 94.4 Å². The smallest absolute Gasteiger partial charge is 0.294 e. The van der Waals surface area contributed by atoms with Gasteiger partial charge in [0.15, 0.2) is 0 Å². The minimum absolute atomic E-state index is 0.0109. The van der Waals surface area contributed by atoms with E-state index in [1.54, 1.807) is 13.0 Å². The van der Waals surface area contributed by atoms with Gasteiger partial charge in [0.1, 0.15) is 5.75 Å². The molecule has 1 aromatic carbocycles. The van der Waals surface area contributed by atoms with Gasteiger partial charge in [0.25, 0.3) is 10.1 Å². The third kappa shape index (κ3) is 3.48. The van der Waals surface area contributed by atoms with Crippen molar-refractivity contribution in [3.05, 3.63) is 23.8 Å². The molecule has 0 heterocycles. The molecule has 2 N–H and O–H groups in total. The molecule has 0 saturated carbocycles. The number of rotatable bonds is 5. The molecule has 0 spiro atoms. The molecule has 0 aliphatic carbocycles. The average molecular weight is 246 g/mol. The first-order chi connectivity index (χ1) is 7.45. The molecule has 16 heavy (non-hydrogen) atoms. The number of aliphatic hydroxyl groups excluding tert-OH is 1. The first kappa shape index (κ1) is 13.0. The van der Waals surface area contributed by atoms with Crippen LogP contribution in [0.15, 0.2) is 23.1 Å². The molecule has 0 radical (unpaired) electrons. The van der Waals surface area contributed by atoms with Crippen LogP contribution in [0.2, 0.25) is 0 Å². The molecule has 0 aliphatic heterocycles. The van der Waals surface area contributed by atoms with E-state index >= 15 is 0 Å².